The van der Waals surface area contributed by atoms with E-state index in [1.165, 1.54) is 18.2 Å². The van der Waals surface area contributed by atoms with Gasteiger partial charge in [0.2, 0.25) is 0 Å². The van der Waals surface area contributed by atoms with Crippen LogP contribution in [0.25, 0.3) is 0 Å². The molecular formula is C14H11ClFN3O. The molecule has 1 aromatic carbocycles. The largest absolute Gasteiger partial charge is 0.321 e. The average Bonchev–Trinajstić information content (AvgIpc) is 3.28. The average molecular weight is 292 g/mol. The van der Waals surface area contributed by atoms with Crippen molar-refractivity contribution in [2.24, 2.45) is 0 Å². The summed E-state index contributed by atoms with van der Waals surface area (Å²) >= 11 is 5.65. The molecule has 0 radical (unpaired) electrons. The Kier molecular flexibility index (Phi) is 3.36. The van der Waals surface area contributed by atoms with Gasteiger partial charge >= 0.3 is 0 Å². The van der Waals surface area contributed by atoms with E-state index in [2.05, 4.69) is 15.5 Å². The van der Waals surface area contributed by atoms with Crippen molar-refractivity contribution >= 4 is 23.2 Å². The molecule has 0 atom stereocenters. The lowest BCUT2D eigenvalue weighted by atomic mass is 10.2. The summed E-state index contributed by atoms with van der Waals surface area (Å²) in [5.74, 6) is -0.434. The van der Waals surface area contributed by atoms with Gasteiger partial charge in [-0.3, -0.25) is 4.79 Å². The fraction of sp³-hybridized carbons (Fsp3) is 0.214. The molecule has 2 aromatic rings. The van der Waals surface area contributed by atoms with Crippen LogP contribution in [0.3, 0.4) is 0 Å². The lowest BCUT2D eigenvalue weighted by Crippen LogP contribution is -2.14. The number of aromatic nitrogens is 2. The number of rotatable bonds is 3. The highest BCUT2D eigenvalue weighted by Crippen LogP contribution is 2.38. The van der Waals surface area contributed by atoms with Crippen LogP contribution in [-0.2, 0) is 0 Å². The van der Waals surface area contributed by atoms with Crippen molar-refractivity contribution in [1.82, 2.24) is 10.2 Å². The Morgan fingerprint density at radius 1 is 1.25 bits per heavy atom. The van der Waals surface area contributed by atoms with Gasteiger partial charge in [0.05, 0.1) is 10.7 Å². The molecule has 1 aromatic heterocycles. The van der Waals surface area contributed by atoms with Crippen molar-refractivity contribution in [3.05, 3.63) is 52.6 Å². The first-order chi connectivity index (χ1) is 9.63. The van der Waals surface area contributed by atoms with E-state index in [4.69, 9.17) is 11.6 Å². The molecule has 0 saturated heterocycles. The van der Waals surface area contributed by atoms with Gasteiger partial charge < -0.3 is 5.32 Å². The van der Waals surface area contributed by atoms with Crippen molar-refractivity contribution < 1.29 is 9.18 Å². The van der Waals surface area contributed by atoms with Gasteiger partial charge in [-0.1, -0.05) is 11.6 Å². The van der Waals surface area contributed by atoms with Crippen LogP contribution in [0.1, 0.15) is 34.9 Å². The van der Waals surface area contributed by atoms with Crippen LogP contribution < -0.4 is 5.32 Å². The molecule has 1 fully saturated rings. The highest BCUT2D eigenvalue weighted by molar-refractivity contribution is 6.31. The highest BCUT2D eigenvalue weighted by Gasteiger charge is 2.25. The molecule has 1 N–H and O–H groups in total. The maximum Gasteiger partial charge on any atom is 0.276 e. The van der Waals surface area contributed by atoms with Gasteiger partial charge in [0.25, 0.3) is 5.91 Å². The van der Waals surface area contributed by atoms with Crippen molar-refractivity contribution in [3.63, 3.8) is 0 Å². The molecule has 3 rings (SSSR count). The zero-order valence-corrected chi connectivity index (χ0v) is 11.2. The summed E-state index contributed by atoms with van der Waals surface area (Å²) in [7, 11) is 0. The van der Waals surface area contributed by atoms with E-state index in [9.17, 15) is 9.18 Å². The van der Waals surface area contributed by atoms with Crippen LogP contribution in [-0.4, -0.2) is 16.1 Å². The molecule has 102 valence electrons. The zero-order valence-electron chi connectivity index (χ0n) is 10.4. The van der Waals surface area contributed by atoms with E-state index in [1.807, 2.05) is 6.07 Å². The molecule has 0 bridgehead atoms. The Morgan fingerprint density at radius 3 is 2.65 bits per heavy atom. The molecule has 0 aliphatic heterocycles. The maximum atomic E-state index is 13.0. The summed E-state index contributed by atoms with van der Waals surface area (Å²) < 4.78 is 13.0. The first-order valence-corrected chi connectivity index (χ1v) is 6.61. The van der Waals surface area contributed by atoms with Crippen LogP contribution in [0, 0.1) is 5.82 Å². The molecule has 6 heteroatoms. The van der Waals surface area contributed by atoms with Crippen LogP contribution in [0.4, 0.5) is 10.1 Å². The van der Waals surface area contributed by atoms with E-state index < -0.39 is 11.7 Å². The predicted molar refractivity (Wildman–Crippen MR) is 73.4 cm³/mol. The molecular weight excluding hydrogens is 281 g/mol. The van der Waals surface area contributed by atoms with Gasteiger partial charge in [-0.25, -0.2) is 4.39 Å². The number of nitrogens with one attached hydrogen (secondary N) is 1. The summed E-state index contributed by atoms with van der Waals surface area (Å²) in [6, 6.07) is 7.43. The molecule has 1 aliphatic rings. The number of nitrogens with zero attached hydrogens (tertiary/aromatic N) is 2. The van der Waals surface area contributed by atoms with E-state index in [-0.39, 0.29) is 10.7 Å². The molecule has 1 heterocycles. The van der Waals surface area contributed by atoms with Gasteiger partial charge in [-0.05, 0) is 43.2 Å². The number of hydrogen-bond acceptors (Lipinski definition) is 3. The topological polar surface area (TPSA) is 54.9 Å². The van der Waals surface area contributed by atoms with Crippen molar-refractivity contribution in [3.8, 4) is 0 Å². The maximum absolute atomic E-state index is 13.0. The third kappa shape index (κ3) is 2.77. The minimum atomic E-state index is -0.529. The molecule has 1 amide bonds. The number of carbonyl (C=O) groups is 1. The fourth-order valence-corrected chi connectivity index (χ4v) is 2.01. The Bertz CT molecular complexity index is 656. The third-order valence-electron chi connectivity index (χ3n) is 3.09. The number of benzene rings is 1. The molecule has 0 unspecified atom stereocenters. The Morgan fingerprint density at radius 2 is 2.05 bits per heavy atom. The van der Waals surface area contributed by atoms with Crippen LogP contribution in [0.2, 0.25) is 5.02 Å². The number of anilines is 1. The van der Waals surface area contributed by atoms with Gasteiger partial charge in [-0.2, -0.15) is 5.10 Å². The zero-order chi connectivity index (χ0) is 14.1. The van der Waals surface area contributed by atoms with E-state index in [0.717, 1.165) is 18.5 Å². The minimum absolute atomic E-state index is 0.0436. The fourth-order valence-electron chi connectivity index (χ4n) is 1.83. The number of hydrogen-bond donors (Lipinski definition) is 1. The SMILES string of the molecule is O=C(Nc1ccc(F)c(Cl)c1)c1ccc(C2CC2)nn1. The molecule has 0 spiro atoms. The second-order valence-electron chi connectivity index (χ2n) is 4.70. The molecule has 4 nitrogen and oxygen atoms in total. The van der Waals surface area contributed by atoms with Crippen molar-refractivity contribution in [2.45, 2.75) is 18.8 Å². The van der Waals surface area contributed by atoms with E-state index in [1.54, 1.807) is 6.07 Å². The monoisotopic (exact) mass is 291 g/mol. The Balaban J connectivity index is 1.73. The molecule has 1 saturated carbocycles. The normalized spacial score (nSPS) is 14.1. The summed E-state index contributed by atoms with van der Waals surface area (Å²) in [5.41, 5.74) is 1.55. The van der Waals surface area contributed by atoms with Crippen LogP contribution in [0.5, 0.6) is 0 Å². The first-order valence-electron chi connectivity index (χ1n) is 6.23. The van der Waals surface area contributed by atoms with E-state index in [0.29, 0.717) is 11.6 Å². The highest BCUT2D eigenvalue weighted by atomic mass is 35.5. The lowest BCUT2D eigenvalue weighted by molar-refractivity contribution is 0.102. The summed E-state index contributed by atoms with van der Waals surface area (Å²) in [6.07, 6.45) is 2.27. The van der Waals surface area contributed by atoms with E-state index >= 15 is 0 Å². The number of carbonyl (C=O) groups excluding carboxylic acids is 1. The standard InChI is InChI=1S/C14H11ClFN3O/c15-10-7-9(3-4-11(10)16)17-14(20)13-6-5-12(18-19-13)8-1-2-8/h3-8H,1-2H2,(H,17,20). The van der Waals surface area contributed by atoms with Crippen molar-refractivity contribution in [2.75, 3.05) is 5.32 Å². The first kappa shape index (κ1) is 13.0. The summed E-state index contributed by atoms with van der Waals surface area (Å²) in [4.78, 5) is 12.0. The lowest BCUT2D eigenvalue weighted by Gasteiger charge is -2.05. The smallest absolute Gasteiger partial charge is 0.276 e. The van der Waals surface area contributed by atoms with Gasteiger partial charge in [0.15, 0.2) is 5.69 Å². The molecule has 20 heavy (non-hydrogen) atoms. The minimum Gasteiger partial charge on any atom is -0.321 e. The Hall–Kier alpha value is -2.01. The van der Waals surface area contributed by atoms with Crippen LogP contribution >= 0.6 is 11.6 Å². The second-order valence-corrected chi connectivity index (χ2v) is 5.11. The quantitative estimate of drug-likeness (QED) is 0.943. The van der Waals surface area contributed by atoms with Crippen molar-refractivity contribution in [1.29, 1.82) is 0 Å². The Labute approximate surface area is 120 Å². The predicted octanol–water partition coefficient (Wildman–Crippen LogP) is 3.40. The van der Waals surface area contributed by atoms with Gasteiger partial charge in [0.1, 0.15) is 5.82 Å². The van der Waals surface area contributed by atoms with Crippen LogP contribution in [0.15, 0.2) is 30.3 Å². The molecule has 1 aliphatic carbocycles. The summed E-state index contributed by atoms with van der Waals surface area (Å²) in [6.45, 7) is 0. The summed E-state index contributed by atoms with van der Waals surface area (Å²) in [5, 5.41) is 10.5. The number of halogens is 2. The van der Waals surface area contributed by atoms with Gasteiger partial charge in [0, 0.05) is 11.6 Å². The third-order valence-corrected chi connectivity index (χ3v) is 3.38. The van der Waals surface area contributed by atoms with Gasteiger partial charge in [-0.15, -0.1) is 5.10 Å². The second kappa shape index (κ2) is 5.17. The number of amides is 1.